The molecule has 0 amide bonds. The summed E-state index contributed by atoms with van der Waals surface area (Å²) in [5, 5.41) is 22.1. The SMILES string of the molecule is NCCCC(N)CCCO.O=[N+]([O-])O. The quantitative estimate of drug-likeness (QED) is 0.343. The summed E-state index contributed by atoms with van der Waals surface area (Å²) < 4.78 is 0. The van der Waals surface area contributed by atoms with Crippen LogP contribution in [0, 0.1) is 10.1 Å². The van der Waals surface area contributed by atoms with Crippen molar-refractivity contribution >= 4 is 0 Å². The van der Waals surface area contributed by atoms with Crippen LogP contribution in [0.2, 0.25) is 0 Å². The molecule has 0 aromatic heterocycles. The molecule has 0 aliphatic heterocycles. The highest BCUT2D eigenvalue weighted by atomic mass is 16.9. The lowest BCUT2D eigenvalue weighted by molar-refractivity contribution is -0.742. The molecule has 86 valence electrons. The highest BCUT2D eigenvalue weighted by molar-refractivity contribution is 4.60. The van der Waals surface area contributed by atoms with Gasteiger partial charge in [0.2, 0.25) is 0 Å². The molecule has 14 heavy (non-hydrogen) atoms. The van der Waals surface area contributed by atoms with Crippen molar-refractivity contribution in [3.8, 4) is 0 Å². The van der Waals surface area contributed by atoms with Gasteiger partial charge in [0.1, 0.15) is 0 Å². The average molecular weight is 209 g/mol. The molecule has 0 heterocycles. The minimum absolute atomic E-state index is 0.232. The van der Waals surface area contributed by atoms with Crippen molar-refractivity contribution in [1.29, 1.82) is 0 Å². The molecule has 0 spiro atoms. The first kappa shape index (κ1) is 15.5. The summed E-state index contributed by atoms with van der Waals surface area (Å²) in [5.74, 6) is 0. The Kier molecular flexibility index (Phi) is 13.4. The van der Waals surface area contributed by atoms with Crippen LogP contribution in [0.25, 0.3) is 0 Å². The highest BCUT2D eigenvalue weighted by Crippen LogP contribution is 2.00. The van der Waals surface area contributed by atoms with Gasteiger partial charge in [0, 0.05) is 12.6 Å². The van der Waals surface area contributed by atoms with Gasteiger partial charge in [0.25, 0.3) is 5.09 Å². The van der Waals surface area contributed by atoms with Crippen LogP contribution < -0.4 is 11.5 Å². The van der Waals surface area contributed by atoms with Crippen LogP contribution in [-0.2, 0) is 0 Å². The number of rotatable bonds is 6. The molecule has 0 aromatic rings. The van der Waals surface area contributed by atoms with Crippen molar-refractivity contribution in [2.45, 2.75) is 31.7 Å². The molecule has 7 nitrogen and oxygen atoms in total. The number of nitrogens with zero attached hydrogens (tertiary/aromatic N) is 1. The summed E-state index contributed by atoms with van der Waals surface area (Å²) in [5.41, 5.74) is 11.0. The minimum Gasteiger partial charge on any atom is -0.396 e. The van der Waals surface area contributed by atoms with Crippen molar-refractivity contribution < 1.29 is 15.4 Å². The fourth-order valence-corrected chi connectivity index (χ4v) is 0.878. The Morgan fingerprint density at radius 3 is 2.14 bits per heavy atom. The van der Waals surface area contributed by atoms with Gasteiger partial charge >= 0.3 is 0 Å². The third-order valence-corrected chi connectivity index (χ3v) is 1.51. The lowest BCUT2D eigenvalue weighted by Gasteiger charge is -2.08. The van der Waals surface area contributed by atoms with E-state index >= 15 is 0 Å². The summed E-state index contributed by atoms with van der Waals surface area (Å²) in [6.07, 6.45) is 3.70. The molecule has 0 radical (unpaired) electrons. The van der Waals surface area contributed by atoms with E-state index in [4.69, 9.17) is 31.9 Å². The number of aliphatic hydroxyl groups excluding tert-OH is 1. The van der Waals surface area contributed by atoms with Crippen molar-refractivity contribution in [2.75, 3.05) is 13.2 Å². The number of nitrogens with two attached hydrogens (primary N) is 2. The summed E-state index contributed by atoms with van der Waals surface area (Å²) in [6.45, 7) is 0.961. The Morgan fingerprint density at radius 1 is 1.36 bits per heavy atom. The highest BCUT2D eigenvalue weighted by Gasteiger charge is 1.99. The van der Waals surface area contributed by atoms with Crippen LogP contribution in [0.4, 0.5) is 0 Å². The first-order valence-electron chi connectivity index (χ1n) is 4.44. The summed E-state index contributed by atoms with van der Waals surface area (Å²) >= 11 is 0. The molecule has 6 N–H and O–H groups in total. The Labute approximate surface area is 82.8 Å². The van der Waals surface area contributed by atoms with Crippen LogP contribution in [0.3, 0.4) is 0 Å². The Balaban J connectivity index is 0. The molecular formula is C7H19N3O4. The fourth-order valence-electron chi connectivity index (χ4n) is 0.878. The molecule has 0 saturated carbocycles. The lowest BCUT2D eigenvalue weighted by Crippen LogP contribution is -2.21. The first-order chi connectivity index (χ1) is 6.54. The molecular weight excluding hydrogens is 190 g/mol. The Morgan fingerprint density at radius 2 is 1.79 bits per heavy atom. The van der Waals surface area contributed by atoms with Crippen LogP contribution in [0.5, 0.6) is 0 Å². The van der Waals surface area contributed by atoms with Crippen LogP contribution in [-0.4, -0.2) is 34.6 Å². The van der Waals surface area contributed by atoms with Crippen LogP contribution >= 0.6 is 0 Å². The minimum atomic E-state index is -1.50. The van der Waals surface area contributed by atoms with Crippen molar-refractivity contribution in [2.24, 2.45) is 11.5 Å². The zero-order valence-electron chi connectivity index (χ0n) is 8.13. The molecule has 0 bridgehead atoms. The second-order valence-corrected chi connectivity index (χ2v) is 2.79. The third kappa shape index (κ3) is 22.5. The maximum atomic E-state index is 8.46. The van der Waals surface area contributed by atoms with Gasteiger partial charge in [-0.3, -0.25) is 0 Å². The number of hydrogen-bond acceptors (Lipinski definition) is 5. The molecule has 0 aromatic carbocycles. The lowest BCUT2D eigenvalue weighted by atomic mass is 10.1. The van der Waals surface area contributed by atoms with E-state index in [1.54, 1.807) is 0 Å². The number of hydrogen-bond donors (Lipinski definition) is 4. The largest absolute Gasteiger partial charge is 0.396 e. The molecule has 0 rings (SSSR count). The van der Waals surface area contributed by atoms with Gasteiger partial charge in [-0.1, -0.05) is 0 Å². The van der Waals surface area contributed by atoms with Crippen molar-refractivity contribution in [3.05, 3.63) is 10.1 Å². The van der Waals surface area contributed by atoms with Crippen LogP contribution in [0.15, 0.2) is 0 Å². The maximum Gasteiger partial charge on any atom is 0.291 e. The Bertz CT molecular complexity index is 122. The summed E-state index contributed by atoms with van der Waals surface area (Å²) in [6, 6.07) is 0.232. The van der Waals surface area contributed by atoms with E-state index in [-0.39, 0.29) is 12.6 Å². The molecule has 0 saturated heterocycles. The zero-order valence-corrected chi connectivity index (χ0v) is 8.13. The van der Waals surface area contributed by atoms with E-state index in [0.29, 0.717) is 6.54 Å². The van der Waals surface area contributed by atoms with E-state index in [2.05, 4.69) is 0 Å². The topological polar surface area (TPSA) is 136 Å². The van der Waals surface area contributed by atoms with E-state index in [1.807, 2.05) is 0 Å². The van der Waals surface area contributed by atoms with E-state index in [0.717, 1.165) is 25.7 Å². The van der Waals surface area contributed by atoms with Crippen molar-refractivity contribution in [3.63, 3.8) is 0 Å². The molecule has 1 unspecified atom stereocenters. The van der Waals surface area contributed by atoms with E-state index < -0.39 is 5.09 Å². The van der Waals surface area contributed by atoms with Crippen LogP contribution in [0.1, 0.15) is 25.7 Å². The standard InChI is InChI=1S/C7H18N2O.HNO3/c8-5-1-3-7(9)4-2-6-10;2-1(3)4/h7,10H,1-6,8-9H2;(H,2,3,4). The second-order valence-electron chi connectivity index (χ2n) is 2.79. The molecule has 1 atom stereocenters. The van der Waals surface area contributed by atoms with Gasteiger partial charge in [-0.25, -0.2) is 0 Å². The second kappa shape index (κ2) is 12.1. The van der Waals surface area contributed by atoms with Gasteiger partial charge in [0.15, 0.2) is 0 Å². The van der Waals surface area contributed by atoms with Gasteiger partial charge in [-0.2, -0.15) is 0 Å². The monoisotopic (exact) mass is 209 g/mol. The predicted molar refractivity (Wildman–Crippen MR) is 51.4 cm³/mol. The smallest absolute Gasteiger partial charge is 0.291 e. The third-order valence-electron chi connectivity index (χ3n) is 1.51. The van der Waals surface area contributed by atoms with Gasteiger partial charge in [-0.15, -0.1) is 10.1 Å². The summed E-state index contributed by atoms with van der Waals surface area (Å²) in [4.78, 5) is 8.36. The zero-order chi connectivity index (χ0) is 11.4. The van der Waals surface area contributed by atoms with Gasteiger partial charge in [0.05, 0.1) is 0 Å². The number of aliphatic hydroxyl groups is 1. The molecule has 7 heteroatoms. The molecule has 0 fully saturated rings. The summed E-state index contributed by atoms with van der Waals surface area (Å²) in [7, 11) is 0. The van der Waals surface area contributed by atoms with Crippen molar-refractivity contribution in [1.82, 2.24) is 0 Å². The molecule has 0 aliphatic carbocycles. The predicted octanol–water partition coefficient (Wildman–Crippen LogP) is -0.523. The maximum absolute atomic E-state index is 8.46. The normalized spacial score (nSPS) is 11.4. The first-order valence-corrected chi connectivity index (χ1v) is 4.44. The molecule has 0 aliphatic rings. The Hall–Kier alpha value is -0.920. The van der Waals surface area contributed by atoms with E-state index in [1.165, 1.54) is 0 Å². The van der Waals surface area contributed by atoms with Gasteiger partial charge in [-0.05, 0) is 32.2 Å². The van der Waals surface area contributed by atoms with E-state index in [9.17, 15) is 0 Å². The van der Waals surface area contributed by atoms with Gasteiger partial charge < -0.3 is 21.8 Å². The average Bonchev–Trinajstić information content (AvgIpc) is 2.10. The fraction of sp³-hybridized carbons (Fsp3) is 1.00.